The molecule has 8 heteroatoms. The molecule has 2 aromatic carbocycles. The van der Waals surface area contributed by atoms with E-state index in [9.17, 15) is 14.4 Å². The van der Waals surface area contributed by atoms with Crippen LogP contribution in [-0.2, 0) is 22.4 Å². The zero-order valence-corrected chi connectivity index (χ0v) is 22.4. The van der Waals surface area contributed by atoms with Crippen LogP contribution >= 0.6 is 11.3 Å². The van der Waals surface area contributed by atoms with Crippen LogP contribution in [-0.4, -0.2) is 30.5 Å². The van der Waals surface area contributed by atoms with Crippen molar-refractivity contribution in [2.24, 2.45) is 5.92 Å². The molecule has 0 aliphatic heterocycles. The van der Waals surface area contributed by atoms with Gasteiger partial charge in [-0.2, -0.15) is 0 Å². The number of esters is 1. The number of hydrogen-bond acceptors (Lipinski definition) is 6. The van der Waals surface area contributed by atoms with Crippen LogP contribution in [0.25, 0.3) is 0 Å². The molecule has 4 rings (SSSR count). The van der Waals surface area contributed by atoms with Crippen molar-refractivity contribution in [3.8, 4) is 5.75 Å². The Morgan fingerprint density at radius 3 is 2.51 bits per heavy atom. The number of para-hydroxylation sites is 1. The van der Waals surface area contributed by atoms with Gasteiger partial charge in [-0.25, -0.2) is 4.79 Å². The first-order valence-electron chi connectivity index (χ1n) is 12.5. The van der Waals surface area contributed by atoms with E-state index in [4.69, 9.17) is 9.47 Å². The monoisotopic (exact) mass is 520 g/mol. The van der Waals surface area contributed by atoms with Gasteiger partial charge in [0.15, 0.2) is 6.10 Å². The lowest BCUT2D eigenvalue weighted by molar-refractivity contribution is -0.122. The molecule has 2 N–H and O–H groups in total. The summed E-state index contributed by atoms with van der Waals surface area (Å²) in [6, 6.07) is 14.1. The second kappa shape index (κ2) is 11.6. The number of carbonyl (C=O) groups excluding carboxylic acids is 3. The Morgan fingerprint density at radius 2 is 1.81 bits per heavy atom. The van der Waals surface area contributed by atoms with E-state index in [1.165, 1.54) is 11.3 Å². The van der Waals surface area contributed by atoms with E-state index < -0.39 is 12.1 Å². The first-order valence-corrected chi connectivity index (χ1v) is 13.3. The van der Waals surface area contributed by atoms with E-state index >= 15 is 0 Å². The quantitative estimate of drug-likeness (QED) is 0.355. The van der Waals surface area contributed by atoms with Crippen LogP contribution in [0.4, 0.5) is 10.7 Å². The molecule has 1 aromatic heterocycles. The number of fused-ring (bicyclic) bond motifs is 1. The number of benzene rings is 2. The van der Waals surface area contributed by atoms with Crippen LogP contribution in [0.3, 0.4) is 0 Å². The molecule has 3 aromatic rings. The zero-order chi connectivity index (χ0) is 26.5. The highest BCUT2D eigenvalue weighted by atomic mass is 32.1. The summed E-state index contributed by atoms with van der Waals surface area (Å²) in [5.41, 5.74) is 3.60. The smallest absolute Gasteiger partial charge is 0.341 e. The Labute approximate surface area is 221 Å². The van der Waals surface area contributed by atoms with Gasteiger partial charge in [0.25, 0.3) is 11.8 Å². The Balaban J connectivity index is 1.43. The number of amides is 2. The number of anilines is 2. The molecule has 0 saturated carbocycles. The Morgan fingerprint density at radius 1 is 1.08 bits per heavy atom. The molecule has 7 nitrogen and oxygen atoms in total. The fraction of sp³-hybridized carbons (Fsp3) is 0.345. The van der Waals surface area contributed by atoms with E-state index in [0.717, 1.165) is 41.0 Å². The molecule has 194 valence electrons. The van der Waals surface area contributed by atoms with Crippen LogP contribution in [0.1, 0.15) is 63.9 Å². The summed E-state index contributed by atoms with van der Waals surface area (Å²) in [5.74, 6) is 0.0227. The average Bonchev–Trinajstić information content (AvgIpc) is 3.22. The lowest BCUT2D eigenvalue weighted by Crippen LogP contribution is -2.30. The third-order valence-electron chi connectivity index (χ3n) is 6.42. The summed E-state index contributed by atoms with van der Waals surface area (Å²) in [4.78, 5) is 39.4. The van der Waals surface area contributed by atoms with Gasteiger partial charge in [0, 0.05) is 16.1 Å². The topological polar surface area (TPSA) is 93.7 Å². The minimum Gasteiger partial charge on any atom is -0.481 e. The summed E-state index contributed by atoms with van der Waals surface area (Å²) in [6.45, 7) is 7.84. The Bertz CT molecular complexity index is 1300. The molecule has 0 spiro atoms. The van der Waals surface area contributed by atoms with Gasteiger partial charge in [0.05, 0.1) is 12.2 Å². The number of hydrogen-bond donors (Lipinski definition) is 2. The first-order chi connectivity index (χ1) is 17.8. The maximum absolute atomic E-state index is 13.0. The summed E-state index contributed by atoms with van der Waals surface area (Å²) >= 11 is 1.46. The Hall–Kier alpha value is -3.65. The molecule has 0 radical (unpaired) electrons. The SMILES string of the molecule is CCOC(=O)c1c(NC(=O)c2ccc(O[C@H](C)C(=O)Nc3ccccc3C)cc2)sc2c1CC[C@H](C)C2. The molecule has 0 bridgehead atoms. The average molecular weight is 521 g/mol. The van der Waals surface area contributed by atoms with E-state index in [0.29, 0.717) is 27.8 Å². The lowest BCUT2D eigenvalue weighted by Gasteiger charge is -2.18. The molecule has 2 amide bonds. The Kier molecular flexibility index (Phi) is 8.28. The predicted octanol–water partition coefficient (Wildman–Crippen LogP) is 6.02. The largest absolute Gasteiger partial charge is 0.481 e. The minimum absolute atomic E-state index is 0.265. The molecule has 2 atom stereocenters. The maximum Gasteiger partial charge on any atom is 0.341 e. The lowest BCUT2D eigenvalue weighted by atomic mass is 9.88. The number of aryl methyl sites for hydroxylation is 1. The number of ether oxygens (including phenoxy) is 2. The number of carbonyl (C=O) groups is 3. The van der Waals surface area contributed by atoms with Crippen molar-refractivity contribution in [3.63, 3.8) is 0 Å². The van der Waals surface area contributed by atoms with Crippen molar-refractivity contribution in [2.45, 2.75) is 53.1 Å². The standard InChI is InChI=1S/C29H32N2O5S/c1-5-35-29(34)25-22-15-10-17(2)16-24(22)37-28(25)31-27(33)20-11-13-21(14-12-20)36-19(4)26(32)30-23-9-7-6-8-18(23)3/h6-9,11-14,17,19H,5,10,15-16H2,1-4H3,(H,30,32)(H,31,33)/t17-,19+/m0/s1. The van der Waals surface area contributed by atoms with Gasteiger partial charge >= 0.3 is 5.97 Å². The van der Waals surface area contributed by atoms with E-state index in [-0.39, 0.29) is 18.4 Å². The summed E-state index contributed by atoms with van der Waals surface area (Å²) in [7, 11) is 0. The van der Waals surface area contributed by atoms with E-state index in [1.54, 1.807) is 38.1 Å². The first kappa shape index (κ1) is 26.4. The van der Waals surface area contributed by atoms with Gasteiger partial charge in [-0.15, -0.1) is 11.3 Å². The van der Waals surface area contributed by atoms with Crippen LogP contribution in [0.2, 0.25) is 0 Å². The second-order valence-electron chi connectivity index (χ2n) is 9.32. The zero-order valence-electron chi connectivity index (χ0n) is 21.6. The highest BCUT2D eigenvalue weighted by Gasteiger charge is 2.29. The van der Waals surface area contributed by atoms with Crippen molar-refractivity contribution in [3.05, 3.63) is 75.7 Å². The van der Waals surface area contributed by atoms with Gasteiger partial charge in [-0.05, 0) is 87.4 Å². The van der Waals surface area contributed by atoms with Crippen LogP contribution in [0, 0.1) is 12.8 Å². The minimum atomic E-state index is -0.730. The van der Waals surface area contributed by atoms with E-state index in [2.05, 4.69) is 17.6 Å². The van der Waals surface area contributed by atoms with Crippen molar-refractivity contribution in [1.82, 2.24) is 0 Å². The normalized spacial score (nSPS) is 15.3. The highest BCUT2D eigenvalue weighted by molar-refractivity contribution is 7.17. The number of rotatable bonds is 8. The van der Waals surface area contributed by atoms with Crippen molar-refractivity contribution < 1.29 is 23.9 Å². The molecule has 0 unspecified atom stereocenters. The third kappa shape index (κ3) is 6.20. The van der Waals surface area contributed by atoms with Gasteiger partial charge in [0.1, 0.15) is 10.8 Å². The van der Waals surface area contributed by atoms with Crippen LogP contribution in [0.5, 0.6) is 5.75 Å². The summed E-state index contributed by atoms with van der Waals surface area (Å²) in [5, 5.41) is 6.32. The number of thiophene rings is 1. The van der Waals surface area contributed by atoms with Gasteiger partial charge in [0.2, 0.25) is 0 Å². The molecular formula is C29H32N2O5S. The molecule has 1 heterocycles. The fourth-order valence-electron chi connectivity index (χ4n) is 4.32. The maximum atomic E-state index is 13.0. The molecule has 0 fully saturated rings. The molecule has 1 aliphatic rings. The van der Waals surface area contributed by atoms with Crippen molar-refractivity contribution in [1.29, 1.82) is 0 Å². The van der Waals surface area contributed by atoms with E-state index in [1.807, 2.05) is 31.2 Å². The third-order valence-corrected chi connectivity index (χ3v) is 7.59. The number of nitrogens with one attached hydrogen (secondary N) is 2. The molecule has 37 heavy (non-hydrogen) atoms. The molecular weight excluding hydrogens is 488 g/mol. The molecule has 1 aliphatic carbocycles. The van der Waals surface area contributed by atoms with Crippen LogP contribution in [0.15, 0.2) is 48.5 Å². The second-order valence-corrected chi connectivity index (χ2v) is 10.4. The van der Waals surface area contributed by atoms with Crippen LogP contribution < -0.4 is 15.4 Å². The predicted molar refractivity (Wildman–Crippen MR) is 146 cm³/mol. The summed E-state index contributed by atoms with van der Waals surface area (Å²) in [6.07, 6.45) is 1.97. The van der Waals surface area contributed by atoms with Gasteiger partial charge < -0.3 is 20.1 Å². The van der Waals surface area contributed by atoms with Crippen molar-refractivity contribution >= 4 is 39.8 Å². The fourth-order valence-corrected chi connectivity index (χ4v) is 5.72. The summed E-state index contributed by atoms with van der Waals surface area (Å²) < 4.78 is 11.1. The van der Waals surface area contributed by atoms with Crippen molar-refractivity contribution in [2.75, 3.05) is 17.2 Å². The highest BCUT2D eigenvalue weighted by Crippen LogP contribution is 2.40. The van der Waals surface area contributed by atoms with Gasteiger partial charge in [-0.1, -0.05) is 25.1 Å². The molecule has 0 saturated heterocycles. The van der Waals surface area contributed by atoms with Gasteiger partial charge in [-0.3, -0.25) is 9.59 Å².